The first-order valence-corrected chi connectivity index (χ1v) is 7.17. The van der Waals surface area contributed by atoms with Gasteiger partial charge in [0.1, 0.15) is 0 Å². The zero-order valence-electron chi connectivity index (χ0n) is 12.1. The monoisotopic (exact) mass is 262 g/mol. The Morgan fingerprint density at radius 3 is 2.58 bits per heavy atom. The summed E-state index contributed by atoms with van der Waals surface area (Å²) in [6.45, 7) is 4.87. The molecule has 3 N–H and O–H groups in total. The SMILES string of the molecule is COCCC1(CNCC(N)c2ccc(C)cc2)CC1. The van der Waals surface area contributed by atoms with Gasteiger partial charge in [-0.15, -0.1) is 0 Å². The fraction of sp³-hybridized carbons (Fsp3) is 0.625. The van der Waals surface area contributed by atoms with Crippen LogP contribution in [0.1, 0.15) is 36.4 Å². The van der Waals surface area contributed by atoms with Gasteiger partial charge in [0, 0.05) is 32.8 Å². The van der Waals surface area contributed by atoms with Gasteiger partial charge in [0.25, 0.3) is 0 Å². The third kappa shape index (κ3) is 4.30. The van der Waals surface area contributed by atoms with E-state index in [0.717, 1.165) is 26.1 Å². The Morgan fingerprint density at radius 2 is 2.00 bits per heavy atom. The van der Waals surface area contributed by atoms with E-state index in [1.165, 1.54) is 24.0 Å². The molecule has 1 saturated carbocycles. The summed E-state index contributed by atoms with van der Waals surface area (Å²) in [7, 11) is 1.77. The summed E-state index contributed by atoms with van der Waals surface area (Å²) in [6, 6.07) is 8.57. The summed E-state index contributed by atoms with van der Waals surface area (Å²) in [4.78, 5) is 0. The van der Waals surface area contributed by atoms with Crippen molar-refractivity contribution >= 4 is 0 Å². The van der Waals surface area contributed by atoms with Crippen LogP contribution in [0.5, 0.6) is 0 Å². The van der Waals surface area contributed by atoms with Crippen LogP contribution in [-0.4, -0.2) is 26.8 Å². The lowest BCUT2D eigenvalue weighted by molar-refractivity contribution is 0.171. The van der Waals surface area contributed by atoms with Crippen LogP contribution >= 0.6 is 0 Å². The molecule has 1 fully saturated rings. The number of rotatable bonds is 8. The third-order valence-corrected chi connectivity index (χ3v) is 4.16. The Balaban J connectivity index is 1.72. The van der Waals surface area contributed by atoms with Gasteiger partial charge in [0.2, 0.25) is 0 Å². The minimum Gasteiger partial charge on any atom is -0.385 e. The van der Waals surface area contributed by atoms with Gasteiger partial charge in [0.05, 0.1) is 0 Å². The van der Waals surface area contributed by atoms with Crippen molar-refractivity contribution in [3.8, 4) is 0 Å². The van der Waals surface area contributed by atoms with Crippen LogP contribution in [0.15, 0.2) is 24.3 Å². The quantitative estimate of drug-likeness (QED) is 0.756. The van der Waals surface area contributed by atoms with Crippen molar-refractivity contribution in [3.05, 3.63) is 35.4 Å². The summed E-state index contributed by atoms with van der Waals surface area (Å²) in [5.41, 5.74) is 9.18. The third-order valence-electron chi connectivity index (χ3n) is 4.16. The van der Waals surface area contributed by atoms with Crippen molar-refractivity contribution in [3.63, 3.8) is 0 Å². The van der Waals surface area contributed by atoms with E-state index >= 15 is 0 Å². The molecule has 0 radical (unpaired) electrons. The van der Waals surface area contributed by atoms with E-state index < -0.39 is 0 Å². The second-order valence-electron chi connectivity index (χ2n) is 5.89. The van der Waals surface area contributed by atoms with E-state index in [2.05, 4.69) is 36.5 Å². The van der Waals surface area contributed by atoms with Gasteiger partial charge in [-0.2, -0.15) is 0 Å². The predicted molar refractivity (Wildman–Crippen MR) is 79.1 cm³/mol. The number of benzene rings is 1. The molecule has 3 heteroatoms. The first-order chi connectivity index (χ1) is 9.15. The molecule has 1 atom stereocenters. The number of ether oxygens (including phenoxy) is 1. The summed E-state index contributed by atoms with van der Waals surface area (Å²) in [5, 5.41) is 3.53. The molecular weight excluding hydrogens is 236 g/mol. The highest BCUT2D eigenvalue weighted by Crippen LogP contribution is 2.48. The molecule has 3 nitrogen and oxygen atoms in total. The van der Waals surface area contributed by atoms with Crippen LogP contribution in [0.3, 0.4) is 0 Å². The van der Waals surface area contributed by atoms with E-state index in [1.54, 1.807) is 7.11 Å². The topological polar surface area (TPSA) is 47.3 Å². The Hall–Kier alpha value is -0.900. The maximum absolute atomic E-state index is 6.21. The summed E-state index contributed by atoms with van der Waals surface area (Å²) >= 11 is 0. The Kier molecular flexibility index (Phi) is 4.97. The molecule has 0 spiro atoms. The van der Waals surface area contributed by atoms with Crippen LogP contribution in [0.4, 0.5) is 0 Å². The Labute approximate surface area is 116 Å². The zero-order chi connectivity index (χ0) is 13.7. The van der Waals surface area contributed by atoms with Crippen LogP contribution in [0, 0.1) is 12.3 Å². The molecule has 0 amide bonds. The second-order valence-corrected chi connectivity index (χ2v) is 5.89. The maximum Gasteiger partial charge on any atom is 0.0468 e. The number of hydrogen-bond donors (Lipinski definition) is 2. The molecule has 1 aliphatic rings. The minimum absolute atomic E-state index is 0.0822. The highest BCUT2D eigenvalue weighted by atomic mass is 16.5. The maximum atomic E-state index is 6.21. The summed E-state index contributed by atoms with van der Waals surface area (Å²) in [5.74, 6) is 0. The van der Waals surface area contributed by atoms with Crippen LogP contribution in [0.2, 0.25) is 0 Å². The number of hydrogen-bond acceptors (Lipinski definition) is 3. The lowest BCUT2D eigenvalue weighted by Gasteiger charge is -2.18. The first kappa shape index (κ1) is 14.5. The van der Waals surface area contributed by atoms with Crippen molar-refractivity contribution in [2.75, 3.05) is 26.8 Å². The lowest BCUT2D eigenvalue weighted by atomic mass is 10.0. The van der Waals surface area contributed by atoms with Gasteiger partial charge >= 0.3 is 0 Å². The van der Waals surface area contributed by atoms with Crippen molar-refractivity contribution in [1.82, 2.24) is 5.32 Å². The van der Waals surface area contributed by atoms with Gasteiger partial charge in [0.15, 0.2) is 0 Å². The van der Waals surface area contributed by atoms with Crippen molar-refractivity contribution in [2.24, 2.45) is 11.1 Å². The van der Waals surface area contributed by atoms with Crippen molar-refractivity contribution in [2.45, 2.75) is 32.2 Å². The van der Waals surface area contributed by atoms with E-state index in [9.17, 15) is 0 Å². The highest BCUT2D eigenvalue weighted by Gasteiger charge is 2.41. The largest absolute Gasteiger partial charge is 0.385 e. The molecule has 2 rings (SSSR count). The van der Waals surface area contributed by atoms with Gasteiger partial charge < -0.3 is 15.8 Å². The van der Waals surface area contributed by atoms with E-state index in [0.29, 0.717) is 5.41 Å². The molecule has 0 bridgehead atoms. The van der Waals surface area contributed by atoms with Crippen LogP contribution < -0.4 is 11.1 Å². The molecule has 1 aliphatic carbocycles. The molecule has 19 heavy (non-hydrogen) atoms. The zero-order valence-corrected chi connectivity index (χ0v) is 12.1. The van der Waals surface area contributed by atoms with E-state index in [1.807, 2.05) is 0 Å². The number of methoxy groups -OCH3 is 1. The normalized spacial score (nSPS) is 18.3. The minimum atomic E-state index is 0.0822. The Morgan fingerprint density at radius 1 is 1.32 bits per heavy atom. The van der Waals surface area contributed by atoms with Gasteiger partial charge in [-0.25, -0.2) is 0 Å². The molecule has 0 aliphatic heterocycles. The van der Waals surface area contributed by atoms with Crippen LogP contribution in [-0.2, 0) is 4.74 Å². The fourth-order valence-corrected chi connectivity index (χ4v) is 2.43. The van der Waals surface area contributed by atoms with Gasteiger partial charge in [-0.05, 0) is 37.2 Å². The van der Waals surface area contributed by atoms with Gasteiger partial charge in [-0.3, -0.25) is 0 Å². The predicted octanol–water partition coefficient (Wildman–Crippen LogP) is 2.40. The fourth-order valence-electron chi connectivity index (χ4n) is 2.43. The van der Waals surface area contributed by atoms with Crippen molar-refractivity contribution in [1.29, 1.82) is 0 Å². The Bertz CT molecular complexity index is 384. The lowest BCUT2D eigenvalue weighted by Crippen LogP contribution is -2.32. The average molecular weight is 262 g/mol. The summed E-state index contributed by atoms with van der Waals surface area (Å²) in [6.07, 6.45) is 3.81. The molecule has 0 saturated heterocycles. The number of aryl methyl sites for hydroxylation is 1. The smallest absolute Gasteiger partial charge is 0.0468 e. The molecule has 1 aromatic carbocycles. The second kappa shape index (κ2) is 6.51. The molecule has 106 valence electrons. The highest BCUT2D eigenvalue weighted by molar-refractivity contribution is 5.24. The average Bonchev–Trinajstić information content (AvgIpc) is 3.17. The summed E-state index contributed by atoms with van der Waals surface area (Å²) < 4.78 is 5.17. The molecule has 1 unspecified atom stereocenters. The first-order valence-electron chi connectivity index (χ1n) is 7.17. The standard InChI is InChI=1S/C16H26N2O/c1-13-3-5-14(6-4-13)15(17)11-18-12-16(7-8-16)9-10-19-2/h3-6,15,18H,7-12,17H2,1-2H3. The number of nitrogens with two attached hydrogens (primary N) is 1. The molecular formula is C16H26N2O. The van der Waals surface area contributed by atoms with E-state index in [4.69, 9.17) is 10.5 Å². The van der Waals surface area contributed by atoms with Gasteiger partial charge in [-0.1, -0.05) is 29.8 Å². The molecule has 1 aromatic rings. The molecule has 0 heterocycles. The molecule has 0 aromatic heterocycles. The van der Waals surface area contributed by atoms with Crippen molar-refractivity contribution < 1.29 is 4.74 Å². The van der Waals surface area contributed by atoms with E-state index in [-0.39, 0.29) is 6.04 Å². The van der Waals surface area contributed by atoms with Crippen LogP contribution in [0.25, 0.3) is 0 Å². The number of nitrogens with one attached hydrogen (secondary N) is 1.